The molecular weight excluding hydrogens is 238 g/mol. The molecule has 0 heterocycles. The summed E-state index contributed by atoms with van der Waals surface area (Å²) >= 11 is 0. The van der Waals surface area contributed by atoms with Gasteiger partial charge in [0.15, 0.2) is 0 Å². The highest BCUT2D eigenvalue weighted by molar-refractivity contribution is 5.78. The average molecular weight is 269 g/mol. The lowest BCUT2D eigenvalue weighted by Crippen LogP contribution is -2.54. The third-order valence-corrected chi connectivity index (χ3v) is 4.33. The Kier molecular flexibility index (Phi) is 6.31. The van der Waals surface area contributed by atoms with Crippen LogP contribution in [0.2, 0.25) is 0 Å². The van der Waals surface area contributed by atoms with Gasteiger partial charge in [0.05, 0.1) is 0 Å². The highest BCUT2D eigenvalue weighted by atomic mass is 16.4. The van der Waals surface area contributed by atoms with Crippen LogP contribution in [0.1, 0.15) is 72.6 Å². The summed E-state index contributed by atoms with van der Waals surface area (Å²) in [5.41, 5.74) is -0.751. The fourth-order valence-corrected chi connectivity index (χ4v) is 3.49. The molecule has 112 valence electrons. The fraction of sp³-hybridized carbons (Fsp3) is 0.938. The molecule has 3 nitrogen and oxygen atoms in total. The van der Waals surface area contributed by atoms with Gasteiger partial charge in [-0.1, -0.05) is 40.0 Å². The first-order chi connectivity index (χ1) is 8.87. The first-order valence-electron chi connectivity index (χ1n) is 7.88. The van der Waals surface area contributed by atoms with Crippen molar-refractivity contribution in [1.82, 2.24) is 5.32 Å². The molecule has 0 aromatic carbocycles. The summed E-state index contributed by atoms with van der Waals surface area (Å²) in [6.45, 7) is 8.43. The first kappa shape index (κ1) is 16.5. The average Bonchev–Trinajstić information content (AvgIpc) is 2.28. The van der Waals surface area contributed by atoms with Crippen LogP contribution in [0.3, 0.4) is 0 Å². The zero-order valence-corrected chi connectivity index (χ0v) is 13.0. The Balaban J connectivity index is 2.57. The maximum absolute atomic E-state index is 11.5. The monoisotopic (exact) mass is 269 g/mol. The molecule has 0 amide bonds. The van der Waals surface area contributed by atoms with Gasteiger partial charge in [0.2, 0.25) is 0 Å². The number of rotatable bonds is 7. The highest BCUT2D eigenvalue weighted by Gasteiger charge is 2.35. The topological polar surface area (TPSA) is 49.3 Å². The van der Waals surface area contributed by atoms with Gasteiger partial charge in [-0.3, -0.25) is 10.1 Å². The molecule has 3 unspecified atom stereocenters. The third kappa shape index (κ3) is 5.13. The van der Waals surface area contributed by atoms with Gasteiger partial charge in [-0.05, 0) is 44.4 Å². The lowest BCUT2D eigenvalue weighted by molar-refractivity contribution is -0.145. The number of aliphatic carboxylic acids is 1. The summed E-state index contributed by atoms with van der Waals surface area (Å²) in [6, 6.07) is 0.380. The Morgan fingerprint density at radius 3 is 2.63 bits per heavy atom. The summed E-state index contributed by atoms with van der Waals surface area (Å²) in [7, 11) is 0. The van der Waals surface area contributed by atoms with Gasteiger partial charge in [0, 0.05) is 6.04 Å². The quantitative estimate of drug-likeness (QED) is 0.738. The van der Waals surface area contributed by atoms with Crippen LogP contribution < -0.4 is 5.32 Å². The minimum atomic E-state index is -0.751. The second-order valence-electron chi connectivity index (χ2n) is 6.89. The van der Waals surface area contributed by atoms with E-state index in [9.17, 15) is 9.90 Å². The van der Waals surface area contributed by atoms with Crippen molar-refractivity contribution in [3.8, 4) is 0 Å². The van der Waals surface area contributed by atoms with Crippen molar-refractivity contribution < 1.29 is 9.90 Å². The molecule has 3 heteroatoms. The van der Waals surface area contributed by atoms with Gasteiger partial charge in [-0.2, -0.15) is 0 Å². The van der Waals surface area contributed by atoms with Crippen LogP contribution in [0, 0.1) is 11.8 Å². The minimum absolute atomic E-state index is 0.380. The molecule has 1 aliphatic carbocycles. The van der Waals surface area contributed by atoms with Crippen LogP contribution in [0.4, 0.5) is 0 Å². The summed E-state index contributed by atoms with van der Waals surface area (Å²) in [4.78, 5) is 11.5. The Morgan fingerprint density at radius 1 is 1.42 bits per heavy atom. The maximum Gasteiger partial charge on any atom is 0.323 e. The van der Waals surface area contributed by atoms with E-state index in [-0.39, 0.29) is 0 Å². The van der Waals surface area contributed by atoms with Crippen molar-refractivity contribution in [3.05, 3.63) is 0 Å². The van der Waals surface area contributed by atoms with Crippen molar-refractivity contribution in [2.24, 2.45) is 11.8 Å². The predicted octanol–water partition coefficient (Wildman–Crippen LogP) is 3.82. The summed E-state index contributed by atoms with van der Waals surface area (Å²) in [5, 5.41) is 12.9. The molecule has 0 radical (unpaired) electrons. The van der Waals surface area contributed by atoms with E-state index >= 15 is 0 Å². The number of hydrogen-bond acceptors (Lipinski definition) is 2. The molecule has 2 N–H and O–H groups in total. The highest BCUT2D eigenvalue weighted by Crippen LogP contribution is 2.30. The summed E-state index contributed by atoms with van der Waals surface area (Å²) < 4.78 is 0. The molecule has 0 aliphatic heterocycles. The van der Waals surface area contributed by atoms with Crippen molar-refractivity contribution >= 4 is 5.97 Å². The summed E-state index contributed by atoms with van der Waals surface area (Å²) in [5.74, 6) is 0.802. The van der Waals surface area contributed by atoms with Crippen molar-refractivity contribution in [3.63, 3.8) is 0 Å². The largest absolute Gasteiger partial charge is 0.480 e. The fourth-order valence-electron chi connectivity index (χ4n) is 3.49. The smallest absolute Gasteiger partial charge is 0.323 e. The van der Waals surface area contributed by atoms with Gasteiger partial charge >= 0.3 is 5.97 Å². The van der Waals surface area contributed by atoms with E-state index in [2.05, 4.69) is 19.2 Å². The molecule has 19 heavy (non-hydrogen) atoms. The number of carboxylic acids is 1. The normalized spacial score (nSPS) is 27.2. The molecule has 0 saturated heterocycles. The van der Waals surface area contributed by atoms with Crippen LogP contribution in [-0.4, -0.2) is 22.7 Å². The zero-order chi connectivity index (χ0) is 14.5. The van der Waals surface area contributed by atoms with Crippen LogP contribution in [0.15, 0.2) is 0 Å². The molecule has 0 bridgehead atoms. The second-order valence-corrected chi connectivity index (χ2v) is 6.89. The Labute approximate surface area is 118 Å². The van der Waals surface area contributed by atoms with Gasteiger partial charge in [-0.25, -0.2) is 0 Å². The van der Waals surface area contributed by atoms with Crippen molar-refractivity contribution in [2.75, 3.05) is 0 Å². The molecule has 0 aromatic heterocycles. The van der Waals surface area contributed by atoms with Crippen LogP contribution in [0.5, 0.6) is 0 Å². The zero-order valence-electron chi connectivity index (χ0n) is 13.0. The Bertz CT molecular complexity index is 290. The van der Waals surface area contributed by atoms with E-state index in [4.69, 9.17) is 0 Å². The number of nitrogens with one attached hydrogen (secondary N) is 1. The predicted molar refractivity (Wildman–Crippen MR) is 79.3 cm³/mol. The SMILES string of the molecule is CCCC(C)(NC1CCCC(CC(C)C)C1)C(=O)O. The van der Waals surface area contributed by atoms with Crippen LogP contribution >= 0.6 is 0 Å². The molecule has 3 atom stereocenters. The number of carboxylic acid groups (broad SMARTS) is 1. The Morgan fingerprint density at radius 2 is 2.11 bits per heavy atom. The molecule has 0 spiro atoms. The number of carbonyl (C=O) groups is 1. The van der Waals surface area contributed by atoms with E-state index in [0.29, 0.717) is 12.5 Å². The van der Waals surface area contributed by atoms with Gasteiger partial charge in [0.1, 0.15) is 5.54 Å². The summed E-state index contributed by atoms with van der Waals surface area (Å²) in [6.07, 6.45) is 7.69. The van der Waals surface area contributed by atoms with Crippen molar-refractivity contribution in [1.29, 1.82) is 0 Å². The van der Waals surface area contributed by atoms with Crippen molar-refractivity contribution in [2.45, 2.75) is 84.2 Å². The van der Waals surface area contributed by atoms with Gasteiger partial charge < -0.3 is 5.11 Å². The molecule has 0 aromatic rings. The first-order valence-corrected chi connectivity index (χ1v) is 7.88. The van der Waals surface area contributed by atoms with E-state index in [1.165, 1.54) is 19.3 Å². The molecule has 1 aliphatic rings. The molecule has 1 saturated carbocycles. The Hall–Kier alpha value is -0.570. The maximum atomic E-state index is 11.5. The minimum Gasteiger partial charge on any atom is -0.480 e. The van der Waals surface area contributed by atoms with Crippen LogP contribution in [-0.2, 0) is 4.79 Å². The van der Waals surface area contributed by atoms with Gasteiger partial charge in [-0.15, -0.1) is 0 Å². The van der Waals surface area contributed by atoms with E-state index < -0.39 is 11.5 Å². The standard InChI is InChI=1S/C16H31NO2/c1-5-9-16(4,15(18)19)17-14-8-6-7-13(11-14)10-12(2)3/h12-14,17H,5-11H2,1-4H3,(H,18,19). The lowest BCUT2D eigenvalue weighted by atomic mass is 9.80. The molecular formula is C16H31NO2. The lowest BCUT2D eigenvalue weighted by Gasteiger charge is -2.36. The number of hydrogen-bond donors (Lipinski definition) is 2. The molecule has 1 fully saturated rings. The van der Waals surface area contributed by atoms with E-state index in [1.54, 1.807) is 0 Å². The second kappa shape index (κ2) is 7.28. The van der Waals surface area contributed by atoms with E-state index in [1.807, 2.05) is 13.8 Å². The van der Waals surface area contributed by atoms with Gasteiger partial charge in [0.25, 0.3) is 0 Å². The third-order valence-electron chi connectivity index (χ3n) is 4.33. The van der Waals surface area contributed by atoms with Crippen LogP contribution in [0.25, 0.3) is 0 Å². The van der Waals surface area contributed by atoms with E-state index in [0.717, 1.165) is 31.1 Å². The molecule has 1 rings (SSSR count).